The maximum absolute atomic E-state index is 11.2. The van der Waals surface area contributed by atoms with Crippen LogP contribution in [0.3, 0.4) is 0 Å². The molecule has 0 fully saturated rings. The number of primary amides is 1. The highest BCUT2D eigenvalue weighted by molar-refractivity contribution is 5.90. The third-order valence-corrected chi connectivity index (χ3v) is 2.77. The maximum Gasteiger partial charge on any atom is 0.297 e. The van der Waals surface area contributed by atoms with Crippen LogP contribution >= 0.6 is 0 Å². The molecule has 0 radical (unpaired) electrons. The Labute approximate surface area is 120 Å². The highest BCUT2D eigenvalue weighted by atomic mass is 16.8. The number of amides is 1. The van der Waals surface area contributed by atoms with E-state index in [0.717, 1.165) is 12.0 Å². The van der Waals surface area contributed by atoms with Crippen LogP contribution in [0.5, 0.6) is 5.75 Å². The molecular weight excluding hydrogens is 276 g/mol. The number of benzene rings is 1. The third kappa shape index (κ3) is 3.69. The number of rotatable bonds is 6. The van der Waals surface area contributed by atoms with E-state index in [9.17, 15) is 10.0 Å². The van der Waals surface area contributed by atoms with Gasteiger partial charge in [0.1, 0.15) is 5.75 Å². The number of nitrogens with two attached hydrogens (primary N) is 2. The first-order valence-corrected chi connectivity index (χ1v) is 6.33. The molecule has 0 saturated heterocycles. The van der Waals surface area contributed by atoms with Crippen molar-refractivity contribution in [3.8, 4) is 5.75 Å². The van der Waals surface area contributed by atoms with Gasteiger partial charge >= 0.3 is 0 Å². The molecule has 0 saturated carbocycles. The summed E-state index contributed by atoms with van der Waals surface area (Å²) in [7, 11) is 0. The topological polar surface area (TPSA) is 131 Å². The molecule has 21 heavy (non-hydrogen) atoms. The van der Waals surface area contributed by atoms with Gasteiger partial charge in [-0.05, 0) is 35.9 Å². The van der Waals surface area contributed by atoms with Crippen molar-refractivity contribution < 1.29 is 19.1 Å². The lowest BCUT2D eigenvalue weighted by Crippen LogP contribution is -2.35. The van der Waals surface area contributed by atoms with E-state index >= 15 is 0 Å². The van der Waals surface area contributed by atoms with Gasteiger partial charge in [0, 0.05) is 11.2 Å². The lowest BCUT2D eigenvalue weighted by atomic mass is 10.1. The van der Waals surface area contributed by atoms with Crippen LogP contribution in [0, 0.1) is 5.21 Å². The second kappa shape index (κ2) is 6.23. The molecule has 1 heterocycles. The zero-order chi connectivity index (χ0) is 15.4. The third-order valence-electron chi connectivity index (χ3n) is 2.77. The second-order valence-corrected chi connectivity index (χ2v) is 4.70. The molecule has 0 spiro atoms. The average Bonchev–Trinajstić information content (AvgIpc) is 2.78. The smallest absolute Gasteiger partial charge is 0.297 e. The Morgan fingerprint density at radius 1 is 1.48 bits per heavy atom. The summed E-state index contributed by atoms with van der Waals surface area (Å²) in [5, 5.41) is 14.6. The Morgan fingerprint density at radius 3 is 2.71 bits per heavy atom. The summed E-state index contributed by atoms with van der Waals surface area (Å²) in [4.78, 5) is 11.1. The number of hydrogen-bond donors (Lipinski definition) is 2. The molecule has 0 aliphatic carbocycles. The molecule has 0 aliphatic heterocycles. The highest BCUT2D eigenvalue weighted by Crippen LogP contribution is 2.15. The largest absolute Gasteiger partial charge is 0.485 e. The van der Waals surface area contributed by atoms with Crippen molar-refractivity contribution in [1.29, 1.82) is 0 Å². The molecule has 2 aromatic rings. The molecule has 112 valence electrons. The predicted molar refractivity (Wildman–Crippen MR) is 72.1 cm³/mol. The van der Waals surface area contributed by atoms with E-state index in [1.54, 1.807) is 12.1 Å². The highest BCUT2D eigenvalue weighted by Gasteiger charge is 2.24. The van der Waals surface area contributed by atoms with Gasteiger partial charge in [-0.25, -0.2) is 0 Å². The van der Waals surface area contributed by atoms with Crippen LogP contribution in [-0.4, -0.2) is 17.1 Å². The van der Waals surface area contributed by atoms with E-state index in [1.165, 1.54) is 0 Å². The van der Waals surface area contributed by atoms with E-state index in [1.807, 2.05) is 19.1 Å². The molecule has 1 aromatic heterocycles. The quantitative estimate of drug-likeness (QED) is 0.713. The molecule has 2 rings (SSSR count). The van der Waals surface area contributed by atoms with Crippen molar-refractivity contribution in [2.24, 2.45) is 11.5 Å². The number of carbonyl (C=O) groups excluding carboxylic acids is 1. The van der Waals surface area contributed by atoms with Gasteiger partial charge in [-0.3, -0.25) is 9.42 Å². The van der Waals surface area contributed by atoms with Crippen molar-refractivity contribution in [3.63, 3.8) is 0 Å². The summed E-state index contributed by atoms with van der Waals surface area (Å²) in [6.45, 7) is 1.84. The fourth-order valence-corrected chi connectivity index (χ4v) is 1.85. The van der Waals surface area contributed by atoms with Gasteiger partial charge in [0.05, 0.1) is 0 Å². The fourth-order valence-electron chi connectivity index (χ4n) is 1.85. The first kappa shape index (κ1) is 14.8. The summed E-state index contributed by atoms with van der Waals surface area (Å²) in [6.07, 6.45) is 0.769. The average molecular weight is 292 g/mol. The fraction of sp³-hybridized carbons (Fsp3) is 0.308. The van der Waals surface area contributed by atoms with Gasteiger partial charge in [-0.2, -0.15) is 0 Å². The Bertz CT molecular complexity index is 622. The first-order valence-electron chi connectivity index (χ1n) is 6.33. The Morgan fingerprint density at radius 2 is 2.14 bits per heavy atom. The van der Waals surface area contributed by atoms with Crippen LogP contribution < -0.4 is 21.1 Å². The van der Waals surface area contributed by atoms with Crippen molar-refractivity contribution in [2.75, 3.05) is 0 Å². The molecule has 0 aliphatic rings. The minimum Gasteiger partial charge on any atom is -0.485 e. The lowest BCUT2D eigenvalue weighted by molar-refractivity contribution is -0.803. The van der Waals surface area contributed by atoms with E-state index in [2.05, 4.69) is 9.79 Å². The Hall–Kier alpha value is -2.61. The monoisotopic (exact) mass is 292 g/mol. The van der Waals surface area contributed by atoms with Crippen LogP contribution in [-0.2, 0) is 13.0 Å². The minimum atomic E-state index is -0.919. The van der Waals surface area contributed by atoms with Crippen LogP contribution in [0.15, 0.2) is 28.9 Å². The summed E-state index contributed by atoms with van der Waals surface area (Å²) >= 11 is 0. The zero-order valence-electron chi connectivity index (χ0n) is 11.5. The maximum atomic E-state index is 11.2. The Balaban J connectivity index is 2.02. The molecule has 1 unspecified atom stereocenters. The van der Waals surface area contributed by atoms with Gasteiger partial charge in [-0.1, -0.05) is 12.1 Å². The van der Waals surface area contributed by atoms with Crippen molar-refractivity contribution in [3.05, 3.63) is 46.4 Å². The molecule has 4 N–H and O–H groups in total. The molecular formula is C13H16N4O4. The summed E-state index contributed by atoms with van der Waals surface area (Å²) in [5.74, 6) is -0.351. The number of aromatic nitrogens is 2. The van der Waals surface area contributed by atoms with E-state index < -0.39 is 5.91 Å². The molecule has 8 heteroatoms. The second-order valence-electron chi connectivity index (χ2n) is 4.70. The van der Waals surface area contributed by atoms with Gasteiger partial charge in [0.15, 0.2) is 6.61 Å². The lowest BCUT2D eigenvalue weighted by Gasteiger charge is -2.07. The number of ether oxygens (including phenoxy) is 1. The first-order chi connectivity index (χ1) is 9.97. The predicted octanol–water partition coefficient (Wildman–Crippen LogP) is -0.124. The normalized spacial score (nSPS) is 12.1. The Kier molecular flexibility index (Phi) is 4.39. The van der Waals surface area contributed by atoms with E-state index in [4.69, 9.17) is 16.2 Å². The van der Waals surface area contributed by atoms with Crippen molar-refractivity contribution in [2.45, 2.75) is 26.0 Å². The summed E-state index contributed by atoms with van der Waals surface area (Å²) in [5.41, 5.74) is 11.6. The zero-order valence-corrected chi connectivity index (χ0v) is 11.5. The summed E-state index contributed by atoms with van der Waals surface area (Å²) in [6, 6.07) is 7.41. The molecule has 1 aromatic carbocycles. The number of carbonyl (C=O) groups is 1. The van der Waals surface area contributed by atoms with Crippen molar-refractivity contribution in [1.82, 2.24) is 5.16 Å². The van der Waals surface area contributed by atoms with E-state index in [-0.39, 0.29) is 28.9 Å². The van der Waals surface area contributed by atoms with Crippen molar-refractivity contribution >= 4 is 5.91 Å². The van der Waals surface area contributed by atoms with Crippen LogP contribution in [0.2, 0.25) is 0 Å². The van der Waals surface area contributed by atoms with Gasteiger partial charge < -0.3 is 21.4 Å². The SMILES string of the molecule is CC(N)Cc1ccc(OCc2no[n+]([O-])c2C(N)=O)cc1. The van der Waals surface area contributed by atoms with Gasteiger partial charge in [0.25, 0.3) is 17.3 Å². The molecule has 1 atom stereocenters. The molecule has 0 bridgehead atoms. The number of nitrogens with zero attached hydrogens (tertiary/aromatic N) is 2. The molecule has 1 amide bonds. The molecule has 8 nitrogen and oxygen atoms in total. The van der Waals surface area contributed by atoms with Crippen LogP contribution in [0.1, 0.15) is 28.7 Å². The summed E-state index contributed by atoms with van der Waals surface area (Å²) < 4.78 is 9.77. The standard InChI is InChI=1S/C13H16N4O4/c1-8(14)6-9-2-4-10(5-3-9)20-7-11-12(13(15)18)17(19)21-16-11/h2-5,8H,6-7,14H2,1H3,(H2,15,18). The van der Waals surface area contributed by atoms with Crippen LogP contribution in [0.4, 0.5) is 0 Å². The minimum absolute atomic E-state index is 0.0350. The van der Waals surface area contributed by atoms with Crippen LogP contribution in [0.25, 0.3) is 0 Å². The number of hydrogen-bond acceptors (Lipinski definition) is 6. The van der Waals surface area contributed by atoms with Gasteiger partial charge in [0.2, 0.25) is 0 Å². The van der Waals surface area contributed by atoms with E-state index in [0.29, 0.717) is 5.75 Å². The van der Waals surface area contributed by atoms with Gasteiger partial charge in [-0.15, -0.1) is 0 Å².